The second-order valence-electron chi connectivity index (χ2n) is 7.92. The predicted molar refractivity (Wildman–Crippen MR) is 109 cm³/mol. The normalized spacial score (nSPS) is 18.5. The Morgan fingerprint density at radius 1 is 1.19 bits per heavy atom. The summed E-state index contributed by atoms with van der Waals surface area (Å²) >= 11 is 0. The number of aliphatic hydroxyl groups excluding tert-OH is 1. The van der Waals surface area contributed by atoms with Crippen LogP contribution in [0.25, 0.3) is 0 Å². The molecule has 2 unspecified atom stereocenters. The molecule has 4 heteroatoms. The van der Waals surface area contributed by atoms with E-state index in [1.807, 2.05) is 24.3 Å². The smallest absolute Gasteiger partial charge is 0.290 e. The predicted octanol–water partition coefficient (Wildman–Crippen LogP) is 5.31. The van der Waals surface area contributed by atoms with Crippen LogP contribution in [0.1, 0.15) is 83.4 Å². The van der Waals surface area contributed by atoms with Crippen LogP contribution in [0.3, 0.4) is 0 Å². The van der Waals surface area contributed by atoms with Crippen molar-refractivity contribution in [2.75, 3.05) is 6.54 Å². The lowest BCUT2D eigenvalue weighted by atomic mass is 9.92. The van der Waals surface area contributed by atoms with Crippen LogP contribution in [0.2, 0.25) is 0 Å². The highest BCUT2D eigenvalue weighted by Gasteiger charge is 2.42. The van der Waals surface area contributed by atoms with E-state index >= 15 is 0 Å². The monoisotopic (exact) mass is 371 g/mol. The molecule has 2 rings (SSSR count). The van der Waals surface area contributed by atoms with E-state index in [2.05, 4.69) is 27.7 Å². The molecule has 0 aliphatic carbocycles. The summed E-state index contributed by atoms with van der Waals surface area (Å²) in [5, 5.41) is 10.4. The molecule has 27 heavy (non-hydrogen) atoms. The Morgan fingerprint density at radius 2 is 1.81 bits per heavy atom. The number of hydrogen-bond acceptors (Lipinski definition) is 3. The summed E-state index contributed by atoms with van der Waals surface area (Å²) in [5.41, 5.74) is 2.32. The van der Waals surface area contributed by atoms with Gasteiger partial charge in [-0.05, 0) is 36.3 Å². The van der Waals surface area contributed by atoms with Gasteiger partial charge in [0.05, 0.1) is 11.6 Å². The van der Waals surface area contributed by atoms with Crippen molar-refractivity contribution in [2.24, 2.45) is 5.92 Å². The first-order valence-electron chi connectivity index (χ1n) is 10.2. The zero-order valence-electron chi connectivity index (χ0n) is 17.3. The maximum atomic E-state index is 12.8. The minimum atomic E-state index is -0.494. The van der Waals surface area contributed by atoms with Gasteiger partial charge in [-0.2, -0.15) is 0 Å². The number of amides is 1. The molecule has 0 spiro atoms. The molecule has 1 N–H and O–H groups in total. The molecule has 0 saturated carbocycles. The zero-order chi connectivity index (χ0) is 20.1. The van der Waals surface area contributed by atoms with Gasteiger partial charge in [0.2, 0.25) is 0 Å². The van der Waals surface area contributed by atoms with Gasteiger partial charge in [-0.1, -0.05) is 71.2 Å². The van der Waals surface area contributed by atoms with E-state index in [-0.39, 0.29) is 17.1 Å². The minimum absolute atomic E-state index is 0.225. The Labute approximate surface area is 163 Å². The van der Waals surface area contributed by atoms with E-state index in [0.29, 0.717) is 18.4 Å². The van der Waals surface area contributed by atoms with Crippen LogP contribution in [0, 0.1) is 5.92 Å². The number of ketones is 1. The second kappa shape index (κ2) is 9.20. The van der Waals surface area contributed by atoms with E-state index in [1.165, 1.54) is 12.5 Å². The molecule has 0 fully saturated rings. The van der Waals surface area contributed by atoms with Crippen LogP contribution >= 0.6 is 0 Å². The van der Waals surface area contributed by atoms with Crippen LogP contribution in [0.4, 0.5) is 0 Å². The number of unbranched alkanes of at least 4 members (excludes halogenated alkanes) is 1. The number of nitrogens with zero attached hydrogens (tertiary/aromatic N) is 1. The molecule has 0 saturated heterocycles. The Balaban J connectivity index is 2.39. The van der Waals surface area contributed by atoms with Crippen LogP contribution in [-0.2, 0) is 9.59 Å². The largest absolute Gasteiger partial charge is 0.503 e. The number of benzene rings is 1. The standard InChI is InChI=1S/C23H33NO3/c1-6-8-9-17(7-2)14-24-21(20(16(5)25)22(26)23(24)27)19-12-10-18(11-13-19)15(3)4/h10-13,15,17,21,26H,6-9,14H2,1-5H3. The molecule has 4 nitrogen and oxygen atoms in total. The van der Waals surface area contributed by atoms with Gasteiger partial charge in [0.25, 0.3) is 5.91 Å². The third-order valence-electron chi connectivity index (χ3n) is 5.60. The highest BCUT2D eigenvalue weighted by Crippen LogP contribution is 2.39. The molecule has 0 radical (unpaired) electrons. The molecule has 2 atom stereocenters. The van der Waals surface area contributed by atoms with Crippen molar-refractivity contribution in [2.45, 2.75) is 72.3 Å². The Kier molecular flexibility index (Phi) is 7.23. The SMILES string of the molecule is CCCCC(CC)CN1C(=O)C(O)=C(C(C)=O)C1c1ccc(C(C)C)cc1. The van der Waals surface area contributed by atoms with E-state index in [1.54, 1.807) is 4.90 Å². The fraction of sp³-hybridized carbons (Fsp3) is 0.565. The summed E-state index contributed by atoms with van der Waals surface area (Å²) in [4.78, 5) is 26.7. The fourth-order valence-corrected chi connectivity index (χ4v) is 3.81. The highest BCUT2D eigenvalue weighted by molar-refractivity contribution is 6.08. The van der Waals surface area contributed by atoms with E-state index < -0.39 is 11.9 Å². The molecule has 1 aliphatic heterocycles. The lowest BCUT2D eigenvalue weighted by Gasteiger charge is -2.30. The third kappa shape index (κ3) is 4.60. The van der Waals surface area contributed by atoms with Crippen molar-refractivity contribution in [3.63, 3.8) is 0 Å². The quantitative estimate of drug-likeness (QED) is 0.640. The van der Waals surface area contributed by atoms with Crippen molar-refractivity contribution in [1.82, 2.24) is 4.90 Å². The maximum Gasteiger partial charge on any atom is 0.290 e. The van der Waals surface area contributed by atoms with Crippen molar-refractivity contribution in [3.8, 4) is 0 Å². The molecule has 1 aromatic rings. The van der Waals surface area contributed by atoms with Crippen molar-refractivity contribution < 1.29 is 14.7 Å². The number of aliphatic hydroxyl groups is 1. The number of hydrogen-bond donors (Lipinski definition) is 1. The van der Waals surface area contributed by atoms with E-state index in [9.17, 15) is 14.7 Å². The summed E-state index contributed by atoms with van der Waals surface area (Å²) in [5.74, 6) is -0.276. The molecule has 1 aromatic carbocycles. The molecule has 1 heterocycles. The molecule has 0 aromatic heterocycles. The maximum absolute atomic E-state index is 12.8. The number of rotatable bonds is 9. The molecular weight excluding hydrogens is 338 g/mol. The Morgan fingerprint density at radius 3 is 2.30 bits per heavy atom. The van der Waals surface area contributed by atoms with E-state index in [0.717, 1.165) is 31.2 Å². The molecular formula is C23H33NO3. The van der Waals surface area contributed by atoms with Gasteiger partial charge >= 0.3 is 0 Å². The Hall–Kier alpha value is -2.10. The van der Waals surface area contributed by atoms with E-state index in [4.69, 9.17) is 0 Å². The molecule has 1 aliphatic rings. The van der Waals surface area contributed by atoms with Gasteiger partial charge in [0.1, 0.15) is 0 Å². The van der Waals surface area contributed by atoms with Crippen LogP contribution < -0.4 is 0 Å². The van der Waals surface area contributed by atoms with Crippen molar-refractivity contribution in [1.29, 1.82) is 0 Å². The van der Waals surface area contributed by atoms with Crippen molar-refractivity contribution >= 4 is 11.7 Å². The third-order valence-corrected chi connectivity index (χ3v) is 5.60. The number of Topliss-reactive ketones (excluding diaryl/α,β-unsaturated/α-hetero) is 1. The topological polar surface area (TPSA) is 57.6 Å². The zero-order valence-corrected chi connectivity index (χ0v) is 17.3. The van der Waals surface area contributed by atoms with Gasteiger partial charge in [-0.3, -0.25) is 9.59 Å². The van der Waals surface area contributed by atoms with Gasteiger partial charge in [-0.15, -0.1) is 0 Å². The first-order chi connectivity index (χ1) is 12.8. The highest BCUT2D eigenvalue weighted by atomic mass is 16.3. The Bertz CT molecular complexity index is 703. The van der Waals surface area contributed by atoms with Crippen LogP contribution in [0.15, 0.2) is 35.6 Å². The molecule has 0 bridgehead atoms. The fourth-order valence-electron chi connectivity index (χ4n) is 3.81. The molecule has 1 amide bonds. The second-order valence-corrected chi connectivity index (χ2v) is 7.92. The first kappa shape index (κ1) is 21.2. The summed E-state index contributed by atoms with van der Waals surface area (Å²) in [6, 6.07) is 7.56. The summed E-state index contributed by atoms with van der Waals surface area (Å²) in [6.07, 6.45) is 4.25. The average Bonchev–Trinajstić information content (AvgIpc) is 2.89. The number of carbonyl (C=O) groups is 2. The number of carbonyl (C=O) groups excluding carboxylic acids is 2. The molecule has 148 valence electrons. The summed E-state index contributed by atoms with van der Waals surface area (Å²) in [6.45, 7) is 10.5. The van der Waals surface area contributed by atoms with Gasteiger partial charge in [0.15, 0.2) is 11.5 Å². The summed E-state index contributed by atoms with van der Waals surface area (Å²) in [7, 11) is 0. The lowest BCUT2D eigenvalue weighted by Crippen LogP contribution is -2.35. The average molecular weight is 372 g/mol. The summed E-state index contributed by atoms with van der Waals surface area (Å²) < 4.78 is 0. The van der Waals surface area contributed by atoms with Gasteiger partial charge < -0.3 is 10.0 Å². The van der Waals surface area contributed by atoms with Gasteiger partial charge in [-0.25, -0.2) is 0 Å². The van der Waals surface area contributed by atoms with Crippen LogP contribution in [-0.4, -0.2) is 28.2 Å². The van der Waals surface area contributed by atoms with Crippen LogP contribution in [0.5, 0.6) is 0 Å². The minimum Gasteiger partial charge on any atom is -0.503 e. The van der Waals surface area contributed by atoms with Crippen molar-refractivity contribution in [3.05, 3.63) is 46.7 Å². The lowest BCUT2D eigenvalue weighted by molar-refractivity contribution is -0.130. The van der Waals surface area contributed by atoms with Gasteiger partial charge in [0, 0.05) is 6.54 Å². The first-order valence-corrected chi connectivity index (χ1v) is 10.2.